The first-order chi connectivity index (χ1) is 8.99. The smallest absolute Gasteiger partial charge is 0.441 e. The van der Waals surface area contributed by atoms with Crippen LogP contribution >= 0.6 is 0 Å². The number of hydrogen-bond acceptors (Lipinski definition) is 6. The second kappa shape index (κ2) is 9.69. The summed E-state index contributed by atoms with van der Waals surface area (Å²) >= 11 is 0. The zero-order valence-electron chi connectivity index (χ0n) is 10.8. The molecule has 0 atom stereocenters. The monoisotopic (exact) mass is 309 g/mol. The van der Waals surface area contributed by atoms with Gasteiger partial charge in [0.25, 0.3) is 16.0 Å². The molecule has 0 bridgehead atoms. The van der Waals surface area contributed by atoms with Crippen LogP contribution in [0, 0.1) is 0 Å². The molecular weight excluding hydrogens is 294 g/mol. The number of amides is 1. The number of carboxylic acid groups (broad SMARTS) is 1. The molecule has 0 unspecified atom stereocenters. The Kier molecular flexibility index (Phi) is 9.75. The maximum Gasteiger partial charge on any atom is 0.441 e. The molecule has 0 radical (unpaired) electrons. The first kappa shape index (κ1) is 20.1. The highest BCUT2D eigenvalue weighted by atomic mass is 32.2. The molecule has 0 aromatic carbocycles. The summed E-state index contributed by atoms with van der Waals surface area (Å²) < 4.78 is 28.0. The molecule has 0 aliphatic carbocycles. The number of hydroxylamine groups is 1. The minimum absolute atomic E-state index is 0.340. The average molecular weight is 309 g/mol. The van der Waals surface area contributed by atoms with Crippen molar-refractivity contribution in [2.24, 2.45) is 0 Å². The number of nitrogens with one attached hydrogen (secondary N) is 1. The standard InChI is InChI=1S/C6H7NO5.C4H8O3S/c1-2-3-4(8)7-12-6(11)5(9)10;1-4(2)3-8(5,6)7/h2-3H,1H3,(H,7,8)(H,9,10);1,3H2,2H3,(H,5,6,7). The Hall–Kier alpha value is -2.20. The van der Waals surface area contributed by atoms with Gasteiger partial charge in [-0.2, -0.15) is 13.9 Å². The summed E-state index contributed by atoms with van der Waals surface area (Å²) in [5.74, 6) is -4.34. The molecule has 0 aliphatic rings. The van der Waals surface area contributed by atoms with Crippen LogP contribution in [0.3, 0.4) is 0 Å². The second-order valence-electron chi connectivity index (χ2n) is 3.34. The van der Waals surface area contributed by atoms with Gasteiger partial charge in [0.1, 0.15) is 0 Å². The molecule has 0 saturated carbocycles. The molecule has 3 N–H and O–H groups in total. The molecule has 114 valence electrons. The highest BCUT2D eigenvalue weighted by Gasteiger charge is 2.13. The lowest BCUT2D eigenvalue weighted by molar-refractivity contribution is -0.170. The van der Waals surface area contributed by atoms with Crippen LogP contribution in [0.15, 0.2) is 24.3 Å². The van der Waals surface area contributed by atoms with Crippen molar-refractivity contribution in [3.8, 4) is 0 Å². The number of hydrogen-bond donors (Lipinski definition) is 3. The number of rotatable bonds is 3. The van der Waals surface area contributed by atoms with E-state index in [0.717, 1.165) is 6.08 Å². The van der Waals surface area contributed by atoms with Gasteiger partial charge in [0.2, 0.25) is 0 Å². The third-order valence-corrected chi connectivity index (χ3v) is 2.02. The number of carboxylic acids is 1. The van der Waals surface area contributed by atoms with E-state index >= 15 is 0 Å². The van der Waals surface area contributed by atoms with Crippen LogP contribution in [0.25, 0.3) is 0 Å². The van der Waals surface area contributed by atoms with Crippen molar-refractivity contribution >= 4 is 28.0 Å². The number of allylic oxidation sites excluding steroid dienone is 1. The quantitative estimate of drug-likeness (QED) is 0.211. The van der Waals surface area contributed by atoms with Crippen molar-refractivity contribution in [3.05, 3.63) is 24.3 Å². The normalized spacial score (nSPS) is 10.2. The van der Waals surface area contributed by atoms with Gasteiger partial charge in [0.15, 0.2) is 0 Å². The molecule has 0 aromatic rings. The summed E-state index contributed by atoms with van der Waals surface area (Å²) in [6.45, 7) is 6.42. The number of aliphatic carboxylic acids is 1. The third-order valence-electron chi connectivity index (χ3n) is 1.17. The third kappa shape index (κ3) is 15.8. The SMILES string of the molecule is C=C(C)CS(=O)(=O)O.CC=CC(=O)NOC(=O)C(=O)O. The molecule has 0 heterocycles. The van der Waals surface area contributed by atoms with Crippen molar-refractivity contribution in [2.45, 2.75) is 13.8 Å². The van der Waals surface area contributed by atoms with Gasteiger partial charge in [0, 0.05) is 6.08 Å². The maximum atomic E-state index is 10.5. The van der Waals surface area contributed by atoms with E-state index in [1.165, 1.54) is 13.0 Å². The van der Waals surface area contributed by atoms with Crippen molar-refractivity contribution in [1.29, 1.82) is 0 Å². The van der Waals surface area contributed by atoms with Gasteiger partial charge in [-0.05, 0) is 13.8 Å². The van der Waals surface area contributed by atoms with Crippen LogP contribution in [-0.2, 0) is 29.3 Å². The summed E-state index contributed by atoms with van der Waals surface area (Å²) in [5.41, 5.74) is 2.05. The molecule has 10 heteroatoms. The predicted octanol–water partition coefficient (Wildman–Crippen LogP) is -0.328. The lowest BCUT2D eigenvalue weighted by Crippen LogP contribution is -2.29. The van der Waals surface area contributed by atoms with Crippen LogP contribution in [0.2, 0.25) is 0 Å². The summed E-state index contributed by atoms with van der Waals surface area (Å²) in [5, 5.41) is 7.98. The van der Waals surface area contributed by atoms with E-state index in [2.05, 4.69) is 11.4 Å². The van der Waals surface area contributed by atoms with Crippen molar-refractivity contribution in [2.75, 3.05) is 5.75 Å². The lowest BCUT2D eigenvalue weighted by atomic mass is 10.4. The minimum atomic E-state index is -3.82. The van der Waals surface area contributed by atoms with Gasteiger partial charge in [-0.1, -0.05) is 18.2 Å². The van der Waals surface area contributed by atoms with Gasteiger partial charge < -0.3 is 9.94 Å². The van der Waals surface area contributed by atoms with E-state index in [4.69, 9.17) is 9.66 Å². The topological polar surface area (TPSA) is 147 Å². The van der Waals surface area contributed by atoms with Crippen LogP contribution in [0.1, 0.15) is 13.8 Å². The molecule has 1 amide bonds. The van der Waals surface area contributed by atoms with Gasteiger partial charge in [-0.15, -0.1) is 0 Å². The highest BCUT2D eigenvalue weighted by Crippen LogP contribution is 1.91. The van der Waals surface area contributed by atoms with Gasteiger partial charge in [-0.3, -0.25) is 9.35 Å². The van der Waals surface area contributed by atoms with E-state index in [-0.39, 0.29) is 5.75 Å². The van der Waals surface area contributed by atoms with E-state index in [1.54, 1.807) is 12.4 Å². The second-order valence-corrected chi connectivity index (χ2v) is 4.80. The Morgan fingerprint density at radius 2 is 1.85 bits per heavy atom. The summed E-state index contributed by atoms with van der Waals surface area (Å²) in [6.07, 6.45) is 2.49. The molecule has 0 saturated heterocycles. The Labute approximate surface area is 115 Å². The zero-order chi connectivity index (χ0) is 16.3. The van der Waals surface area contributed by atoms with Crippen LogP contribution in [0.4, 0.5) is 0 Å². The van der Waals surface area contributed by atoms with Gasteiger partial charge >= 0.3 is 11.9 Å². The van der Waals surface area contributed by atoms with Crippen molar-refractivity contribution in [3.63, 3.8) is 0 Å². The Balaban J connectivity index is 0. The van der Waals surface area contributed by atoms with E-state index in [9.17, 15) is 22.8 Å². The predicted molar refractivity (Wildman–Crippen MR) is 67.9 cm³/mol. The minimum Gasteiger partial charge on any atom is -0.473 e. The Bertz CT molecular complexity index is 505. The number of carbonyl (C=O) groups excluding carboxylic acids is 2. The van der Waals surface area contributed by atoms with Crippen molar-refractivity contribution in [1.82, 2.24) is 5.48 Å². The molecule has 0 rings (SSSR count). The Morgan fingerprint density at radius 3 is 2.10 bits per heavy atom. The fraction of sp³-hybridized carbons (Fsp3) is 0.300. The summed E-state index contributed by atoms with van der Waals surface area (Å²) in [4.78, 5) is 34.3. The fourth-order valence-corrected chi connectivity index (χ4v) is 1.26. The first-order valence-electron chi connectivity index (χ1n) is 4.96. The van der Waals surface area contributed by atoms with Crippen LogP contribution < -0.4 is 5.48 Å². The molecule has 20 heavy (non-hydrogen) atoms. The average Bonchev–Trinajstić information content (AvgIpc) is 2.23. The van der Waals surface area contributed by atoms with E-state index in [0.29, 0.717) is 5.57 Å². The summed E-state index contributed by atoms with van der Waals surface area (Å²) in [6, 6.07) is 0. The number of carbonyl (C=O) groups is 3. The van der Waals surface area contributed by atoms with Gasteiger partial charge in [-0.25, -0.2) is 9.59 Å². The van der Waals surface area contributed by atoms with Gasteiger partial charge in [0.05, 0.1) is 5.75 Å². The van der Waals surface area contributed by atoms with Crippen LogP contribution in [0.5, 0.6) is 0 Å². The van der Waals surface area contributed by atoms with Crippen LogP contribution in [-0.4, -0.2) is 41.7 Å². The molecule has 0 aliphatic heterocycles. The summed E-state index contributed by atoms with van der Waals surface area (Å²) in [7, 11) is -3.82. The molecule has 0 spiro atoms. The van der Waals surface area contributed by atoms with Crippen molar-refractivity contribution < 1.29 is 37.3 Å². The molecule has 0 aromatic heterocycles. The highest BCUT2D eigenvalue weighted by molar-refractivity contribution is 7.85. The van der Waals surface area contributed by atoms with E-state index < -0.39 is 28.0 Å². The largest absolute Gasteiger partial charge is 0.473 e. The maximum absolute atomic E-state index is 10.5. The zero-order valence-corrected chi connectivity index (χ0v) is 11.6. The first-order valence-corrected chi connectivity index (χ1v) is 6.56. The molecule has 0 fully saturated rings. The lowest BCUT2D eigenvalue weighted by Gasteiger charge is -1.98. The molecular formula is C10H15NO8S. The Morgan fingerprint density at radius 1 is 1.35 bits per heavy atom. The van der Waals surface area contributed by atoms with E-state index in [1.807, 2.05) is 0 Å². The molecule has 9 nitrogen and oxygen atoms in total. The fourth-order valence-electron chi connectivity index (χ4n) is 0.637.